The van der Waals surface area contributed by atoms with Gasteiger partial charge >= 0.3 is 17.3 Å². The summed E-state index contributed by atoms with van der Waals surface area (Å²) in [6.45, 7) is 1.95. The van der Waals surface area contributed by atoms with Gasteiger partial charge in [-0.25, -0.2) is 19.1 Å². The van der Waals surface area contributed by atoms with E-state index >= 15 is 0 Å². The van der Waals surface area contributed by atoms with E-state index in [1.54, 1.807) is 30.3 Å². The van der Waals surface area contributed by atoms with E-state index in [-0.39, 0.29) is 31.3 Å². The van der Waals surface area contributed by atoms with Crippen LogP contribution in [-0.4, -0.2) is 32.2 Å². The topological polar surface area (TPSA) is 141 Å². The number of nitrogens with zero attached hydrogens (tertiary/aromatic N) is 5. The van der Waals surface area contributed by atoms with E-state index in [0.29, 0.717) is 17.0 Å². The Bertz CT molecular complexity index is 1600. The van der Waals surface area contributed by atoms with Crippen LogP contribution < -0.4 is 21.4 Å². The number of carbonyl (C=O) groups excluding carboxylic acids is 1. The third kappa shape index (κ3) is 6.30. The van der Waals surface area contributed by atoms with Crippen molar-refractivity contribution in [3.05, 3.63) is 105 Å². The summed E-state index contributed by atoms with van der Waals surface area (Å²) in [4.78, 5) is 45.8. The molecule has 0 unspecified atom stereocenters. The number of esters is 1. The molecule has 0 atom stereocenters. The summed E-state index contributed by atoms with van der Waals surface area (Å²) >= 11 is 0. The van der Waals surface area contributed by atoms with Crippen molar-refractivity contribution < 1.29 is 14.3 Å². The Labute approximate surface area is 217 Å². The van der Waals surface area contributed by atoms with Gasteiger partial charge in [0.1, 0.15) is 5.75 Å². The van der Waals surface area contributed by atoms with E-state index in [9.17, 15) is 14.4 Å². The van der Waals surface area contributed by atoms with E-state index in [2.05, 4.69) is 20.0 Å². The van der Waals surface area contributed by atoms with Crippen LogP contribution in [0.2, 0.25) is 0 Å². The van der Waals surface area contributed by atoms with Crippen LogP contribution >= 0.6 is 0 Å². The molecule has 0 fully saturated rings. The molecule has 2 aromatic heterocycles. The normalized spacial score (nSPS) is 10.4. The smallest absolute Gasteiger partial charge is 0.354 e. The van der Waals surface area contributed by atoms with Gasteiger partial charge in [0, 0.05) is 24.5 Å². The molecule has 2 heterocycles. The summed E-state index contributed by atoms with van der Waals surface area (Å²) < 4.78 is 12.6. The molecule has 0 aliphatic rings. The molecule has 0 aliphatic carbocycles. The van der Waals surface area contributed by atoms with Crippen molar-refractivity contribution in [2.75, 3.05) is 12.4 Å². The Hall–Kier alpha value is -5.24. The fourth-order valence-electron chi connectivity index (χ4n) is 3.53. The molecule has 2 aromatic carbocycles. The third-order valence-electron chi connectivity index (χ3n) is 5.58. The Morgan fingerprint density at radius 2 is 1.79 bits per heavy atom. The molecule has 4 aromatic rings. The number of pyridine rings is 1. The summed E-state index contributed by atoms with van der Waals surface area (Å²) in [7, 11) is 1.24. The third-order valence-corrected chi connectivity index (χ3v) is 5.58. The molecule has 0 aliphatic heterocycles. The van der Waals surface area contributed by atoms with E-state index in [4.69, 9.17) is 10.00 Å². The maximum atomic E-state index is 13.3. The Morgan fingerprint density at radius 1 is 1.05 bits per heavy atom. The number of anilines is 2. The number of aromatic nitrogens is 4. The fraction of sp³-hybridized carbons (Fsp3) is 0.185. The number of hydrogen-bond acceptors (Lipinski definition) is 9. The lowest BCUT2D eigenvalue weighted by Crippen LogP contribution is -2.43. The first-order valence-electron chi connectivity index (χ1n) is 11.6. The highest BCUT2D eigenvalue weighted by molar-refractivity contribution is 5.69. The fourth-order valence-corrected chi connectivity index (χ4v) is 3.53. The van der Waals surface area contributed by atoms with Crippen molar-refractivity contribution in [1.29, 1.82) is 5.26 Å². The number of benzene rings is 2. The first-order valence-corrected chi connectivity index (χ1v) is 11.6. The summed E-state index contributed by atoms with van der Waals surface area (Å²) in [6, 6.07) is 19.5. The number of carbonyl (C=O) groups is 1. The number of nitriles is 1. The number of nitrogens with one attached hydrogen (secondary N) is 1. The monoisotopic (exact) mass is 512 g/mol. The molecule has 0 radical (unpaired) electrons. The molecule has 11 heteroatoms. The molecule has 192 valence electrons. The molecule has 4 rings (SSSR count). The highest BCUT2D eigenvalue weighted by Gasteiger charge is 2.15. The van der Waals surface area contributed by atoms with Gasteiger partial charge in [0.15, 0.2) is 0 Å². The van der Waals surface area contributed by atoms with E-state index < -0.39 is 17.3 Å². The largest absolute Gasteiger partial charge is 0.469 e. The van der Waals surface area contributed by atoms with Crippen LogP contribution in [0, 0.1) is 18.3 Å². The zero-order valence-corrected chi connectivity index (χ0v) is 20.7. The first-order chi connectivity index (χ1) is 18.4. The molecule has 0 saturated carbocycles. The van der Waals surface area contributed by atoms with Gasteiger partial charge in [-0.3, -0.25) is 9.36 Å². The van der Waals surface area contributed by atoms with E-state index in [0.717, 1.165) is 15.7 Å². The highest BCUT2D eigenvalue weighted by atomic mass is 16.5. The van der Waals surface area contributed by atoms with Crippen molar-refractivity contribution in [2.45, 2.75) is 26.4 Å². The highest BCUT2D eigenvalue weighted by Crippen LogP contribution is 2.23. The standard InChI is InChI=1S/C27H24N6O5/c1-18-3-5-19(6-4-18)17-33-25(31-26(35)32(27(33)36)14-12-24(34)37-2)30-21-7-9-22(10-8-21)38-23-15-20(16-28)11-13-29-23/h3-11,13,15H,12,14,17H2,1-2H3,(H,30,31,35). The second-order valence-corrected chi connectivity index (χ2v) is 8.30. The second kappa shape index (κ2) is 11.7. The predicted octanol–water partition coefficient (Wildman–Crippen LogP) is 3.13. The van der Waals surface area contributed by atoms with Gasteiger partial charge in [-0.15, -0.1) is 0 Å². The summed E-state index contributed by atoms with van der Waals surface area (Å²) in [6.07, 6.45) is 1.34. The van der Waals surface area contributed by atoms with Crippen molar-refractivity contribution in [2.24, 2.45) is 0 Å². The molecule has 0 spiro atoms. The molecule has 11 nitrogen and oxygen atoms in total. The van der Waals surface area contributed by atoms with Crippen molar-refractivity contribution in [3.8, 4) is 17.7 Å². The number of ether oxygens (including phenoxy) is 2. The van der Waals surface area contributed by atoms with Crippen LogP contribution in [0.25, 0.3) is 0 Å². The lowest BCUT2D eigenvalue weighted by Gasteiger charge is -2.16. The average Bonchev–Trinajstić information content (AvgIpc) is 2.92. The van der Waals surface area contributed by atoms with Gasteiger partial charge in [-0.1, -0.05) is 29.8 Å². The van der Waals surface area contributed by atoms with Crippen LogP contribution in [0.3, 0.4) is 0 Å². The number of aryl methyl sites for hydroxylation is 1. The van der Waals surface area contributed by atoms with Crippen LogP contribution in [0.1, 0.15) is 23.1 Å². The number of hydrogen-bond donors (Lipinski definition) is 1. The zero-order chi connectivity index (χ0) is 27.1. The Balaban J connectivity index is 1.62. The zero-order valence-electron chi connectivity index (χ0n) is 20.7. The molecule has 1 N–H and O–H groups in total. The molecule has 0 amide bonds. The van der Waals surface area contributed by atoms with Gasteiger partial charge in [-0.05, 0) is 42.8 Å². The number of methoxy groups -OCH3 is 1. The van der Waals surface area contributed by atoms with Crippen LogP contribution in [-0.2, 0) is 22.6 Å². The van der Waals surface area contributed by atoms with Crippen molar-refractivity contribution in [3.63, 3.8) is 0 Å². The molecular formula is C27H24N6O5. The molecule has 38 heavy (non-hydrogen) atoms. The summed E-state index contributed by atoms with van der Waals surface area (Å²) in [5.41, 5.74) is 1.47. The van der Waals surface area contributed by atoms with E-state index in [1.165, 1.54) is 23.9 Å². The molecule has 0 saturated heterocycles. The van der Waals surface area contributed by atoms with Gasteiger partial charge in [0.25, 0.3) is 0 Å². The average molecular weight is 513 g/mol. The molecule has 0 bridgehead atoms. The van der Waals surface area contributed by atoms with Gasteiger partial charge in [0.2, 0.25) is 11.8 Å². The van der Waals surface area contributed by atoms with Gasteiger partial charge < -0.3 is 14.8 Å². The number of rotatable bonds is 9. The van der Waals surface area contributed by atoms with Gasteiger partial charge in [-0.2, -0.15) is 10.2 Å². The minimum Gasteiger partial charge on any atom is -0.469 e. The van der Waals surface area contributed by atoms with Crippen LogP contribution in [0.15, 0.2) is 76.4 Å². The minimum atomic E-state index is -0.787. The first kappa shape index (κ1) is 25.8. The Morgan fingerprint density at radius 3 is 2.47 bits per heavy atom. The SMILES string of the molecule is COC(=O)CCn1c(=O)nc(Nc2ccc(Oc3cc(C#N)ccn3)cc2)n(Cc2ccc(C)cc2)c1=O. The maximum absolute atomic E-state index is 13.3. The maximum Gasteiger partial charge on any atom is 0.354 e. The Kier molecular flexibility index (Phi) is 7.93. The quantitative estimate of drug-likeness (QED) is 0.335. The van der Waals surface area contributed by atoms with E-state index in [1.807, 2.05) is 37.3 Å². The van der Waals surface area contributed by atoms with Crippen molar-refractivity contribution >= 4 is 17.6 Å². The van der Waals surface area contributed by atoms with Gasteiger partial charge in [0.05, 0.1) is 31.7 Å². The lowest BCUT2D eigenvalue weighted by molar-refractivity contribution is -0.140. The van der Waals surface area contributed by atoms with Crippen molar-refractivity contribution in [1.82, 2.24) is 19.1 Å². The predicted molar refractivity (Wildman–Crippen MR) is 138 cm³/mol. The minimum absolute atomic E-state index is 0.0481. The van der Waals surface area contributed by atoms with Crippen LogP contribution in [0.5, 0.6) is 11.6 Å². The molecular weight excluding hydrogens is 488 g/mol. The summed E-state index contributed by atoms with van der Waals surface area (Å²) in [5.74, 6) is 0.252. The van der Waals surface area contributed by atoms with Crippen LogP contribution in [0.4, 0.5) is 11.6 Å². The lowest BCUT2D eigenvalue weighted by atomic mass is 10.1. The summed E-state index contributed by atoms with van der Waals surface area (Å²) in [5, 5.41) is 12.1. The second-order valence-electron chi connectivity index (χ2n) is 8.30.